The Morgan fingerprint density at radius 2 is 2.13 bits per heavy atom. The molecule has 0 bridgehead atoms. The second kappa shape index (κ2) is 6.44. The molecule has 0 saturated heterocycles. The topological polar surface area (TPSA) is 61.8 Å². The highest BCUT2D eigenvalue weighted by Gasteiger charge is 2.10. The second-order valence-electron chi connectivity index (χ2n) is 5.01. The third-order valence-electron chi connectivity index (χ3n) is 3.41. The number of fused-ring (bicyclic) bond motifs is 1. The van der Waals surface area contributed by atoms with Crippen molar-refractivity contribution in [3.63, 3.8) is 0 Å². The number of nitrogen functional groups attached to an aromatic ring is 1. The summed E-state index contributed by atoms with van der Waals surface area (Å²) in [5.41, 5.74) is 9.16. The molecule has 0 aliphatic rings. The molecular weight excluding hydrogens is 290 g/mol. The van der Waals surface area contributed by atoms with Crippen LogP contribution in [0.15, 0.2) is 55.4 Å². The average Bonchev–Trinajstić information content (AvgIpc) is 2.99. The molecule has 0 unspecified atom stereocenters. The Morgan fingerprint density at radius 1 is 1.26 bits per heavy atom. The number of anilines is 1. The summed E-state index contributed by atoms with van der Waals surface area (Å²) in [6, 6.07) is 9.50. The molecule has 1 aromatic carbocycles. The van der Waals surface area contributed by atoms with E-state index in [1.54, 1.807) is 6.08 Å². The Labute approximate surface area is 135 Å². The van der Waals surface area contributed by atoms with Gasteiger partial charge in [0.1, 0.15) is 12.4 Å². The number of rotatable bonds is 6. The van der Waals surface area contributed by atoms with E-state index in [9.17, 15) is 0 Å². The van der Waals surface area contributed by atoms with Crippen molar-refractivity contribution in [3.05, 3.63) is 55.4 Å². The molecule has 2 N–H and O–H groups in total. The van der Waals surface area contributed by atoms with E-state index in [4.69, 9.17) is 15.2 Å². The highest BCUT2D eigenvalue weighted by molar-refractivity contribution is 5.71. The molecular formula is C18H19N3O2. The number of nitrogens with two attached hydrogens (primary N) is 1. The molecule has 5 heteroatoms. The van der Waals surface area contributed by atoms with E-state index in [1.165, 1.54) is 0 Å². The summed E-state index contributed by atoms with van der Waals surface area (Å²) in [6.45, 7) is 6.62. The van der Waals surface area contributed by atoms with Crippen LogP contribution in [0.5, 0.6) is 11.5 Å². The van der Waals surface area contributed by atoms with Gasteiger partial charge in [0.05, 0.1) is 18.0 Å². The minimum absolute atomic E-state index is 0.442. The third-order valence-corrected chi connectivity index (χ3v) is 3.41. The van der Waals surface area contributed by atoms with Gasteiger partial charge in [0.25, 0.3) is 0 Å². The summed E-state index contributed by atoms with van der Waals surface area (Å²) in [5.74, 6) is 1.41. The van der Waals surface area contributed by atoms with E-state index in [0.29, 0.717) is 24.7 Å². The Balaban J connectivity index is 2.00. The van der Waals surface area contributed by atoms with Crippen LogP contribution in [0.25, 0.3) is 16.9 Å². The molecule has 3 rings (SSSR count). The zero-order chi connectivity index (χ0) is 16.2. The number of benzene rings is 1. The SMILES string of the molecule is C=CCOc1cccn2cc(-c3ccc(OCC)c(N)c3)nc12. The quantitative estimate of drug-likeness (QED) is 0.559. The van der Waals surface area contributed by atoms with Crippen molar-refractivity contribution in [3.8, 4) is 22.8 Å². The van der Waals surface area contributed by atoms with Crippen LogP contribution in [-0.4, -0.2) is 22.6 Å². The summed E-state index contributed by atoms with van der Waals surface area (Å²) >= 11 is 0. The normalized spacial score (nSPS) is 10.7. The number of hydrogen-bond donors (Lipinski definition) is 1. The first kappa shape index (κ1) is 15.0. The van der Waals surface area contributed by atoms with Crippen molar-refractivity contribution in [2.75, 3.05) is 18.9 Å². The summed E-state index contributed by atoms with van der Waals surface area (Å²) in [7, 11) is 0. The van der Waals surface area contributed by atoms with E-state index in [1.807, 2.05) is 54.0 Å². The minimum atomic E-state index is 0.442. The standard InChI is InChI=1S/C18H19N3O2/c1-3-10-23-17-6-5-9-21-12-15(20-18(17)21)13-7-8-16(22-4-2)14(19)11-13/h3,5-9,11-12H,1,4,10,19H2,2H3. The van der Waals surface area contributed by atoms with Crippen LogP contribution in [0.3, 0.4) is 0 Å². The van der Waals surface area contributed by atoms with Crippen molar-refractivity contribution in [2.45, 2.75) is 6.92 Å². The molecule has 2 heterocycles. The third kappa shape index (κ3) is 2.99. The molecule has 3 aromatic rings. The second-order valence-corrected chi connectivity index (χ2v) is 5.01. The average molecular weight is 309 g/mol. The van der Waals surface area contributed by atoms with Gasteiger partial charge in [-0.3, -0.25) is 0 Å². The molecule has 0 spiro atoms. The molecule has 23 heavy (non-hydrogen) atoms. The van der Waals surface area contributed by atoms with Crippen LogP contribution >= 0.6 is 0 Å². The molecule has 0 fully saturated rings. The molecule has 0 radical (unpaired) electrons. The van der Waals surface area contributed by atoms with Crippen LogP contribution in [0.4, 0.5) is 5.69 Å². The smallest absolute Gasteiger partial charge is 0.180 e. The van der Waals surface area contributed by atoms with E-state index in [2.05, 4.69) is 11.6 Å². The fraction of sp³-hybridized carbons (Fsp3) is 0.167. The van der Waals surface area contributed by atoms with Crippen molar-refractivity contribution >= 4 is 11.3 Å². The van der Waals surface area contributed by atoms with Gasteiger partial charge < -0.3 is 19.6 Å². The summed E-state index contributed by atoms with van der Waals surface area (Å²) < 4.78 is 13.0. The lowest BCUT2D eigenvalue weighted by Gasteiger charge is -2.07. The van der Waals surface area contributed by atoms with Crippen molar-refractivity contribution in [2.24, 2.45) is 0 Å². The van der Waals surface area contributed by atoms with Gasteiger partial charge in [-0.25, -0.2) is 4.98 Å². The maximum absolute atomic E-state index is 6.04. The Morgan fingerprint density at radius 3 is 2.87 bits per heavy atom. The number of nitrogens with zero attached hydrogens (tertiary/aromatic N) is 2. The number of ether oxygens (including phenoxy) is 2. The fourth-order valence-corrected chi connectivity index (χ4v) is 2.38. The molecule has 0 atom stereocenters. The first-order chi connectivity index (χ1) is 11.2. The summed E-state index contributed by atoms with van der Waals surface area (Å²) in [5, 5.41) is 0. The van der Waals surface area contributed by atoms with Gasteiger partial charge in [-0.15, -0.1) is 0 Å². The Kier molecular flexibility index (Phi) is 4.19. The largest absolute Gasteiger partial charge is 0.492 e. The minimum Gasteiger partial charge on any atom is -0.492 e. The highest BCUT2D eigenvalue weighted by Crippen LogP contribution is 2.29. The molecule has 0 aliphatic heterocycles. The fourth-order valence-electron chi connectivity index (χ4n) is 2.38. The zero-order valence-electron chi connectivity index (χ0n) is 13.0. The van der Waals surface area contributed by atoms with Crippen molar-refractivity contribution < 1.29 is 9.47 Å². The van der Waals surface area contributed by atoms with Crippen LogP contribution < -0.4 is 15.2 Å². The monoisotopic (exact) mass is 309 g/mol. The lowest BCUT2D eigenvalue weighted by molar-refractivity contribution is 0.342. The van der Waals surface area contributed by atoms with E-state index in [-0.39, 0.29) is 0 Å². The van der Waals surface area contributed by atoms with E-state index < -0.39 is 0 Å². The first-order valence-electron chi connectivity index (χ1n) is 7.47. The highest BCUT2D eigenvalue weighted by atomic mass is 16.5. The number of pyridine rings is 1. The number of aromatic nitrogens is 2. The van der Waals surface area contributed by atoms with Crippen LogP contribution in [-0.2, 0) is 0 Å². The predicted octanol–water partition coefficient (Wildman–Crippen LogP) is 3.55. The Bertz CT molecular complexity index is 839. The first-order valence-corrected chi connectivity index (χ1v) is 7.47. The van der Waals surface area contributed by atoms with Crippen LogP contribution in [0, 0.1) is 0 Å². The molecule has 0 saturated carbocycles. The van der Waals surface area contributed by atoms with E-state index >= 15 is 0 Å². The van der Waals surface area contributed by atoms with Crippen LogP contribution in [0.2, 0.25) is 0 Å². The molecule has 118 valence electrons. The van der Waals surface area contributed by atoms with Gasteiger partial charge >= 0.3 is 0 Å². The van der Waals surface area contributed by atoms with Gasteiger partial charge in [-0.1, -0.05) is 12.7 Å². The van der Waals surface area contributed by atoms with Gasteiger partial charge in [-0.05, 0) is 37.3 Å². The van der Waals surface area contributed by atoms with E-state index in [0.717, 1.165) is 22.7 Å². The lowest BCUT2D eigenvalue weighted by Crippen LogP contribution is -1.97. The molecule has 5 nitrogen and oxygen atoms in total. The zero-order valence-corrected chi connectivity index (χ0v) is 13.0. The van der Waals surface area contributed by atoms with Crippen LogP contribution in [0.1, 0.15) is 6.92 Å². The van der Waals surface area contributed by atoms with Crippen molar-refractivity contribution in [1.82, 2.24) is 9.38 Å². The predicted molar refractivity (Wildman–Crippen MR) is 91.9 cm³/mol. The van der Waals surface area contributed by atoms with Gasteiger partial charge in [-0.2, -0.15) is 0 Å². The molecule has 0 aliphatic carbocycles. The van der Waals surface area contributed by atoms with Gasteiger partial charge in [0.2, 0.25) is 0 Å². The molecule has 2 aromatic heterocycles. The van der Waals surface area contributed by atoms with Gasteiger partial charge in [0.15, 0.2) is 11.4 Å². The maximum atomic E-state index is 6.04. The Hall–Kier alpha value is -2.95. The number of hydrogen-bond acceptors (Lipinski definition) is 4. The number of imidazole rings is 1. The van der Waals surface area contributed by atoms with Gasteiger partial charge in [0, 0.05) is 18.0 Å². The summed E-state index contributed by atoms with van der Waals surface area (Å²) in [6.07, 6.45) is 5.59. The summed E-state index contributed by atoms with van der Waals surface area (Å²) in [4.78, 5) is 4.66. The van der Waals surface area contributed by atoms with Crippen molar-refractivity contribution in [1.29, 1.82) is 0 Å². The maximum Gasteiger partial charge on any atom is 0.180 e. The lowest BCUT2D eigenvalue weighted by atomic mass is 10.1. The molecule has 0 amide bonds.